The van der Waals surface area contributed by atoms with E-state index in [2.05, 4.69) is 5.32 Å². The third-order valence-corrected chi connectivity index (χ3v) is 5.03. The van der Waals surface area contributed by atoms with Gasteiger partial charge in [-0.05, 0) is 37.8 Å². The molecule has 2 heterocycles. The molecule has 2 atom stereocenters. The second-order valence-corrected chi connectivity index (χ2v) is 6.52. The van der Waals surface area contributed by atoms with Crippen LogP contribution in [0.3, 0.4) is 0 Å². The van der Waals surface area contributed by atoms with E-state index in [1.165, 1.54) is 12.8 Å². The van der Waals surface area contributed by atoms with E-state index in [1.807, 2.05) is 36.2 Å². The lowest BCUT2D eigenvalue weighted by atomic mass is 9.98. The van der Waals surface area contributed by atoms with Crippen molar-refractivity contribution in [3.05, 3.63) is 24.3 Å². The van der Waals surface area contributed by atoms with Crippen LogP contribution in [0.5, 0.6) is 11.5 Å². The van der Waals surface area contributed by atoms with Gasteiger partial charge >= 0.3 is 0 Å². The number of methoxy groups -OCH3 is 1. The number of hydrogen-bond donors (Lipinski definition) is 1. The summed E-state index contributed by atoms with van der Waals surface area (Å²) in [6, 6.07) is 9.07. The Kier molecular flexibility index (Phi) is 5.06. The minimum absolute atomic E-state index is 0.159. The van der Waals surface area contributed by atoms with E-state index in [0.717, 1.165) is 12.8 Å². The lowest BCUT2D eigenvalue weighted by Crippen LogP contribution is -2.48. The lowest BCUT2D eigenvalue weighted by Gasteiger charge is -2.35. The highest BCUT2D eigenvalue weighted by Crippen LogP contribution is 2.29. The zero-order valence-corrected chi connectivity index (χ0v) is 14.0. The molecule has 1 N–H and O–H groups in total. The fourth-order valence-corrected chi connectivity index (χ4v) is 3.71. The maximum atomic E-state index is 12.4. The van der Waals surface area contributed by atoms with Crippen LogP contribution < -0.4 is 14.8 Å². The predicted octanol–water partition coefficient (Wildman–Crippen LogP) is 2.21. The van der Waals surface area contributed by atoms with Gasteiger partial charge in [0, 0.05) is 25.2 Å². The first-order chi connectivity index (χ1) is 11.2. The van der Waals surface area contributed by atoms with Gasteiger partial charge in [0.15, 0.2) is 11.5 Å². The quantitative estimate of drug-likeness (QED) is 0.874. The summed E-state index contributed by atoms with van der Waals surface area (Å²) in [6.07, 6.45) is 5.05. The van der Waals surface area contributed by atoms with Crippen molar-refractivity contribution in [3.63, 3.8) is 0 Å². The summed E-state index contributed by atoms with van der Waals surface area (Å²) in [5.41, 5.74) is 0. The number of amides is 1. The van der Waals surface area contributed by atoms with Gasteiger partial charge in [-0.25, -0.2) is 0 Å². The summed E-state index contributed by atoms with van der Waals surface area (Å²) in [5.74, 6) is 1.54. The van der Waals surface area contributed by atoms with Gasteiger partial charge in [0.1, 0.15) is 0 Å². The summed E-state index contributed by atoms with van der Waals surface area (Å²) < 4.78 is 11.0. The third kappa shape index (κ3) is 3.78. The topological polar surface area (TPSA) is 50.8 Å². The van der Waals surface area contributed by atoms with Crippen molar-refractivity contribution in [1.29, 1.82) is 0 Å². The lowest BCUT2D eigenvalue weighted by molar-refractivity contribution is -0.133. The second-order valence-electron chi connectivity index (χ2n) is 6.52. The largest absolute Gasteiger partial charge is 0.493 e. The zero-order chi connectivity index (χ0) is 16.2. The number of para-hydroxylation sites is 2. The van der Waals surface area contributed by atoms with E-state index in [0.29, 0.717) is 42.7 Å². The van der Waals surface area contributed by atoms with Crippen molar-refractivity contribution in [2.45, 2.75) is 50.2 Å². The number of hydrogen-bond acceptors (Lipinski definition) is 4. The number of carbonyl (C=O) groups excluding carboxylic acids is 1. The summed E-state index contributed by atoms with van der Waals surface area (Å²) in [5, 5.41) is 3.61. The molecule has 2 aliphatic heterocycles. The maximum absolute atomic E-state index is 12.4. The Bertz CT molecular complexity index is 537. The number of benzene rings is 1. The molecule has 5 heteroatoms. The molecule has 0 aliphatic carbocycles. The van der Waals surface area contributed by atoms with Crippen LogP contribution in [-0.2, 0) is 4.79 Å². The van der Waals surface area contributed by atoms with Crippen LogP contribution in [0.15, 0.2) is 24.3 Å². The molecule has 2 unspecified atom stereocenters. The molecule has 2 bridgehead atoms. The Morgan fingerprint density at radius 1 is 1.22 bits per heavy atom. The molecule has 5 nitrogen and oxygen atoms in total. The van der Waals surface area contributed by atoms with E-state index < -0.39 is 0 Å². The Balaban J connectivity index is 1.47. The number of fused-ring (bicyclic) bond motifs is 2. The van der Waals surface area contributed by atoms with Gasteiger partial charge in [-0.1, -0.05) is 12.1 Å². The van der Waals surface area contributed by atoms with E-state index in [-0.39, 0.29) is 5.91 Å². The van der Waals surface area contributed by atoms with E-state index >= 15 is 0 Å². The minimum Gasteiger partial charge on any atom is -0.493 e. The Hall–Kier alpha value is -1.75. The highest BCUT2D eigenvalue weighted by atomic mass is 16.5. The highest BCUT2D eigenvalue weighted by Gasteiger charge is 2.36. The zero-order valence-electron chi connectivity index (χ0n) is 14.0. The average Bonchev–Trinajstić information content (AvgIpc) is 2.92. The van der Waals surface area contributed by atoms with E-state index in [1.54, 1.807) is 7.11 Å². The van der Waals surface area contributed by atoms with Crippen molar-refractivity contribution in [2.24, 2.45) is 0 Å². The maximum Gasteiger partial charge on any atom is 0.225 e. The van der Waals surface area contributed by atoms with Crippen LogP contribution in [0.25, 0.3) is 0 Å². The molecule has 1 aromatic rings. The molecule has 0 radical (unpaired) electrons. The van der Waals surface area contributed by atoms with E-state index in [9.17, 15) is 4.79 Å². The smallest absolute Gasteiger partial charge is 0.225 e. The van der Waals surface area contributed by atoms with Crippen LogP contribution >= 0.6 is 0 Å². The van der Waals surface area contributed by atoms with Gasteiger partial charge in [-0.2, -0.15) is 0 Å². The summed E-state index contributed by atoms with van der Waals surface area (Å²) >= 11 is 0. The molecule has 0 saturated carbocycles. The fraction of sp³-hybridized carbons (Fsp3) is 0.611. The van der Waals surface area contributed by atoms with Gasteiger partial charge < -0.3 is 19.7 Å². The van der Waals surface area contributed by atoms with E-state index in [4.69, 9.17) is 9.47 Å². The fourth-order valence-electron chi connectivity index (χ4n) is 3.71. The number of nitrogens with zero attached hydrogens (tertiary/aromatic N) is 1. The molecule has 3 rings (SSSR count). The Morgan fingerprint density at radius 2 is 1.87 bits per heavy atom. The van der Waals surface area contributed by atoms with Crippen LogP contribution in [0.1, 0.15) is 32.1 Å². The molecular weight excluding hydrogens is 292 g/mol. The normalized spacial score (nSPS) is 25.9. The molecule has 0 spiro atoms. The van der Waals surface area contributed by atoms with Gasteiger partial charge in [-0.15, -0.1) is 0 Å². The molecule has 2 saturated heterocycles. The van der Waals surface area contributed by atoms with Crippen LogP contribution in [0, 0.1) is 0 Å². The van der Waals surface area contributed by atoms with Gasteiger partial charge in [0.05, 0.1) is 20.1 Å². The molecule has 126 valence electrons. The first kappa shape index (κ1) is 16.1. The number of carbonyl (C=O) groups is 1. The van der Waals surface area contributed by atoms with Crippen molar-refractivity contribution >= 4 is 5.91 Å². The number of ether oxygens (including phenoxy) is 2. The second kappa shape index (κ2) is 7.21. The summed E-state index contributed by atoms with van der Waals surface area (Å²) in [7, 11) is 3.55. The SMILES string of the molecule is COc1ccccc1OCCC(=O)N(C)C1CC2CCC(C1)N2. The van der Waals surface area contributed by atoms with Gasteiger partial charge in [0.25, 0.3) is 0 Å². The molecule has 2 fully saturated rings. The number of rotatable bonds is 6. The highest BCUT2D eigenvalue weighted by molar-refractivity contribution is 5.76. The van der Waals surface area contributed by atoms with Crippen LogP contribution in [0.4, 0.5) is 0 Å². The van der Waals surface area contributed by atoms with Crippen molar-refractivity contribution < 1.29 is 14.3 Å². The molecule has 1 amide bonds. The van der Waals surface area contributed by atoms with Crippen LogP contribution in [0.2, 0.25) is 0 Å². The first-order valence-corrected chi connectivity index (χ1v) is 8.45. The molecule has 1 aromatic carbocycles. The number of piperidine rings is 1. The third-order valence-electron chi connectivity index (χ3n) is 5.03. The van der Waals surface area contributed by atoms with Crippen molar-refractivity contribution in [3.8, 4) is 11.5 Å². The Morgan fingerprint density at radius 3 is 2.52 bits per heavy atom. The standard InChI is InChI=1S/C18H26N2O3/c1-20(15-11-13-7-8-14(12-15)19-13)18(21)9-10-23-17-6-4-3-5-16(17)22-2/h3-6,13-15,19H,7-12H2,1-2H3. The van der Waals surface area contributed by atoms with Crippen molar-refractivity contribution in [2.75, 3.05) is 20.8 Å². The van der Waals surface area contributed by atoms with Crippen molar-refractivity contribution in [1.82, 2.24) is 10.2 Å². The predicted molar refractivity (Wildman–Crippen MR) is 88.8 cm³/mol. The molecule has 2 aliphatic rings. The van der Waals surface area contributed by atoms with Gasteiger partial charge in [0.2, 0.25) is 5.91 Å². The van der Waals surface area contributed by atoms with Crippen LogP contribution in [-0.4, -0.2) is 49.7 Å². The first-order valence-electron chi connectivity index (χ1n) is 8.45. The van der Waals surface area contributed by atoms with Gasteiger partial charge in [-0.3, -0.25) is 4.79 Å². The Labute approximate surface area is 137 Å². The monoisotopic (exact) mass is 318 g/mol. The summed E-state index contributed by atoms with van der Waals surface area (Å²) in [4.78, 5) is 14.3. The number of nitrogens with one attached hydrogen (secondary N) is 1. The summed E-state index contributed by atoms with van der Waals surface area (Å²) in [6.45, 7) is 0.376. The molecule has 23 heavy (non-hydrogen) atoms. The molecule has 0 aromatic heterocycles. The minimum atomic E-state index is 0.159. The molecular formula is C18H26N2O3. The average molecular weight is 318 g/mol.